The molecule has 0 aliphatic rings. The third kappa shape index (κ3) is 4.74. The van der Waals surface area contributed by atoms with Gasteiger partial charge in [-0.25, -0.2) is 0 Å². The van der Waals surface area contributed by atoms with E-state index in [1.54, 1.807) is 0 Å². The highest BCUT2D eigenvalue weighted by atomic mass is 16.5. The topological polar surface area (TPSA) is 78.3 Å². The van der Waals surface area contributed by atoms with Crippen LogP contribution >= 0.6 is 0 Å². The zero-order valence-electron chi connectivity index (χ0n) is 15.2. The lowest BCUT2D eigenvalue weighted by Gasteiger charge is -2.31. The van der Waals surface area contributed by atoms with Crippen LogP contribution in [0.25, 0.3) is 0 Å². The number of nitrogens with two attached hydrogens (primary N) is 2. The second kappa shape index (κ2) is 8.52. The van der Waals surface area contributed by atoms with E-state index >= 15 is 0 Å². The number of para-hydroxylation sites is 1. The van der Waals surface area contributed by atoms with E-state index in [-0.39, 0.29) is 5.91 Å². The molecule has 0 fully saturated rings. The fourth-order valence-corrected chi connectivity index (χ4v) is 3.18. The molecule has 1 amide bonds. The quantitative estimate of drug-likeness (QED) is 0.627. The van der Waals surface area contributed by atoms with Gasteiger partial charge in [0.1, 0.15) is 11.5 Å². The Labute approximate surface area is 159 Å². The minimum atomic E-state index is -0.692. The van der Waals surface area contributed by atoms with Crippen molar-refractivity contribution < 1.29 is 9.53 Å². The first-order chi connectivity index (χ1) is 13.1. The van der Waals surface area contributed by atoms with Crippen LogP contribution in [0.1, 0.15) is 30.4 Å². The van der Waals surface area contributed by atoms with Gasteiger partial charge in [-0.3, -0.25) is 4.79 Å². The molecule has 4 N–H and O–H groups in total. The molecule has 0 spiro atoms. The molecule has 0 radical (unpaired) electrons. The van der Waals surface area contributed by atoms with Gasteiger partial charge in [0.05, 0.1) is 5.54 Å². The number of hydrogen-bond acceptors (Lipinski definition) is 3. The van der Waals surface area contributed by atoms with Gasteiger partial charge in [0.2, 0.25) is 5.91 Å². The summed E-state index contributed by atoms with van der Waals surface area (Å²) in [5.41, 5.74) is 13.4. The van der Waals surface area contributed by atoms with Gasteiger partial charge in [-0.15, -0.1) is 0 Å². The summed E-state index contributed by atoms with van der Waals surface area (Å²) in [6, 6.07) is 27.4. The van der Waals surface area contributed by atoms with Crippen molar-refractivity contribution in [3.05, 3.63) is 96.1 Å². The van der Waals surface area contributed by atoms with Crippen molar-refractivity contribution in [2.45, 2.75) is 24.8 Å². The highest BCUT2D eigenvalue weighted by Gasteiger charge is 2.29. The first-order valence-electron chi connectivity index (χ1n) is 9.04. The standard InChI is InChI=1S/C23H24N2O2/c24-22(26)12-7-17-23(25,18-8-3-1-4-9-18)19-13-15-21(16-14-19)27-20-10-5-2-6-11-20/h1-6,8-11,13-16H,7,12,17,25H2,(H2,24,26). The average Bonchev–Trinajstić information content (AvgIpc) is 2.69. The normalized spacial score (nSPS) is 12.9. The van der Waals surface area contributed by atoms with E-state index in [9.17, 15) is 4.79 Å². The predicted octanol–water partition coefficient (Wildman–Crippen LogP) is 4.34. The molecule has 3 aromatic carbocycles. The lowest BCUT2D eigenvalue weighted by molar-refractivity contribution is -0.118. The number of carbonyl (C=O) groups excluding carboxylic acids is 1. The van der Waals surface area contributed by atoms with E-state index < -0.39 is 5.54 Å². The monoisotopic (exact) mass is 360 g/mol. The molecule has 1 atom stereocenters. The van der Waals surface area contributed by atoms with Gasteiger partial charge in [-0.05, 0) is 48.2 Å². The fraction of sp³-hybridized carbons (Fsp3) is 0.174. The lowest BCUT2D eigenvalue weighted by Crippen LogP contribution is -2.38. The highest BCUT2D eigenvalue weighted by molar-refractivity contribution is 5.73. The number of amides is 1. The van der Waals surface area contributed by atoms with Crippen molar-refractivity contribution >= 4 is 5.91 Å². The lowest BCUT2D eigenvalue weighted by atomic mass is 9.80. The Morgan fingerprint density at radius 1 is 0.778 bits per heavy atom. The van der Waals surface area contributed by atoms with Crippen molar-refractivity contribution in [1.82, 2.24) is 0 Å². The minimum Gasteiger partial charge on any atom is -0.457 e. The Hall–Kier alpha value is -3.11. The van der Waals surface area contributed by atoms with Crippen molar-refractivity contribution in [2.24, 2.45) is 11.5 Å². The van der Waals surface area contributed by atoms with Gasteiger partial charge in [0.15, 0.2) is 0 Å². The van der Waals surface area contributed by atoms with Crippen LogP contribution in [-0.4, -0.2) is 5.91 Å². The second-order valence-electron chi connectivity index (χ2n) is 6.60. The molecule has 0 bridgehead atoms. The van der Waals surface area contributed by atoms with E-state index in [1.165, 1.54) is 0 Å². The van der Waals surface area contributed by atoms with Crippen molar-refractivity contribution in [3.8, 4) is 11.5 Å². The van der Waals surface area contributed by atoms with Gasteiger partial charge < -0.3 is 16.2 Å². The third-order valence-corrected chi connectivity index (χ3v) is 4.63. The van der Waals surface area contributed by atoms with Gasteiger partial charge in [0.25, 0.3) is 0 Å². The summed E-state index contributed by atoms with van der Waals surface area (Å²) in [5.74, 6) is 1.23. The molecular weight excluding hydrogens is 336 g/mol. The van der Waals surface area contributed by atoms with Crippen LogP contribution in [0.3, 0.4) is 0 Å². The molecule has 3 rings (SSSR count). The Bertz CT molecular complexity index is 864. The number of benzene rings is 3. The van der Waals surface area contributed by atoms with Crippen LogP contribution in [0.4, 0.5) is 0 Å². The molecule has 0 saturated heterocycles. The van der Waals surface area contributed by atoms with Gasteiger partial charge >= 0.3 is 0 Å². The van der Waals surface area contributed by atoms with E-state index in [0.29, 0.717) is 19.3 Å². The summed E-state index contributed by atoms with van der Waals surface area (Å²) in [7, 11) is 0. The molecule has 1 unspecified atom stereocenters. The molecule has 0 heterocycles. The molecule has 0 aromatic heterocycles. The zero-order chi connectivity index (χ0) is 19.1. The van der Waals surface area contributed by atoms with Crippen LogP contribution in [-0.2, 0) is 10.3 Å². The summed E-state index contributed by atoms with van der Waals surface area (Å²) >= 11 is 0. The molecule has 138 valence electrons. The zero-order valence-corrected chi connectivity index (χ0v) is 15.2. The Kier molecular flexibility index (Phi) is 5.89. The van der Waals surface area contributed by atoms with Gasteiger partial charge in [-0.1, -0.05) is 60.7 Å². The van der Waals surface area contributed by atoms with Crippen LogP contribution in [0, 0.1) is 0 Å². The molecule has 0 saturated carbocycles. The SMILES string of the molecule is NC(=O)CCCC(N)(c1ccccc1)c1ccc(Oc2ccccc2)cc1. The highest BCUT2D eigenvalue weighted by Crippen LogP contribution is 2.33. The maximum absolute atomic E-state index is 11.1. The summed E-state index contributed by atoms with van der Waals surface area (Å²) in [4.78, 5) is 11.1. The van der Waals surface area contributed by atoms with Crippen LogP contribution in [0.5, 0.6) is 11.5 Å². The number of primary amides is 1. The van der Waals surface area contributed by atoms with Crippen LogP contribution < -0.4 is 16.2 Å². The Morgan fingerprint density at radius 2 is 1.30 bits per heavy atom. The first kappa shape index (κ1) is 18.7. The largest absolute Gasteiger partial charge is 0.457 e. The van der Waals surface area contributed by atoms with Crippen LogP contribution in [0.2, 0.25) is 0 Å². The van der Waals surface area contributed by atoms with Crippen molar-refractivity contribution in [1.29, 1.82) is 0 Å². The van der Waals surface area contributed by atoms with Crippen molar-refractivity contribution in [3.63, 3.8) is 0 Å². The fourth-order valence-electron chi connectivity index (χ4n) is 3.18. The number of hydrogen-bond donors (Lipinski definition) is 2. The molecule has 4 heteroatoms. The van der Waals surface area contributed by atoms with E-state index in [2.05, 4.69) is 0 Å². The maximum atomic E-state index is 11.1. The number of carbonyl (C=O) groups is 1. The Balaban J connectivity index is 1.84. The molecule has 3 aromatic rings. The summed E-state index contributed by atoms with van der Waals surface area (Å²) in [6.45, 7) is 0. The number of rotatable bonds is 8. The summed E-state index contributed by atoms with van der Waals surface area (Å²) in [5, 5.41) is 0. The third-order valence-electron chi connectivity index (χ3n) is 4.63. The predicted molar refractivity (Wildman–Crippen MR) is 107 cm³/mol. The summed E-state index contributed by atoms with van der Waals surface area (Å²) in [6.07, 6.45) is 1.57. The van der Waals surface area contributed by atoms with E-state index in [4.69, 9.17) is 16.2 Å². The minimum absolute atomic E-state index is 0.308. The van der Waals surface area contributed by atoms with Gasteiger partial charge in [0, 0.05) is 6.42 Å². The second-order valence-corrected chi connectivity index (χ2v) is 6.60. The number of ether oxygens (including phenoxy) is 1. The molecule has 0 aliphatic carbocycles. The first-order valence-corrected chi connectivity index (χ1v) is 9.04. The summed E-state index contributed by atoms with van der Waals surface area (Å²) < 4.78 is 5.86. The smallest absolute Gasteiger partial charge is 0.217 e. The van der Waals surface area contributed by atoms with Crippen molar-refractivity contribution in [2.75, 3.05) is 0 Å². The molecular formula is C23H24N2O2. The van der Waals surface area contributed by atoms with E-state index in [0.717, 1.165) is 22.6 Å². The maximum Gasteiger partial charge on any atom is 0.217 e. The van der Waals surface area contributed by atoms with Gasteiger partial charge in [-0.2, -0.15) is 0 Å². The molecule has 0 aliphatic heterocycles. The van der Waals surface area contributed by atoms with E-state index in [1.807, 2.05) is 84.9 Å². The van der Waals surface area contributed by atoms with Crippen LogP contribution in [0.15, 0.2) is 84.9 Å². The average molecular weight is 360 g/mol. The molecule has 27 heavy (non-hydrogen) atoms. The molecule has 4 nitrogen and oxygen atoms in total. The Morgan fingerprint density at radius 3 is 1.89 bits per heavy atom.